The maximum absolute atomic E-state index is 10.0. The molecule has 0 aliphatic heterocycles. The van der Waals surface area contributed by atoms with Crippen LogP contribution in [0.3, 0.4) is 0 Å². The van der Waals surface area contributed by atoms with Gasteiger partial charge in [-0.1, -0.05) is 40.0 Å². The fraction of sp³-hybridized carbons (Fsp3) is 0.909. The van der Waals surface area contributed by atoms with Crippen LogP contribution in [0.1, 0.15) is 52.9 Å². The standard InChI is InChI=1S/C11H22O/c1-4-10(2)11(3)8-6-5-7-9-12/h9-11H,4-8H2,1-3H3. The maximum atomic E-state index is 10.0. The highest BCUT2D eigenvalue weighted by Gasteiger charge is 2.08. The minimum Gasteiger partial charge on any atom is -0.303 e. The van der Waals surface area contributed by atoms with Crippen molar-refractivity contribution in [1.29, 1.82) is 0 Å². The summed E-state index contributed by atoms with van der Waals surface area (Å²) in [6.07, 6.45) is 6.60. The molecule has 0 rings (SSSR count). The first-order valence-corrected chi connectivity index (χ1v) is 5.16. The number of carbonyl (C=O) groups is 1. The highest BCUT2D eigenvalue weighted by molar-refractivity contribution is 5.48. The van der Waals surface area contributed by atoms with E-state index in [1.807, 2.05) is 0 Å². The van der Waals surface area contributed by atoms with E-state index in [0.29, 0.717) is 0 Å². The molecule has 0 bridgehead atoms. The second-order valence-corrected chi connectivity index (χ2v) is 3.81. The third-order valence-corrected chi connectivity index (χ3v) is 2.85. The van der Waals surface area contributed by atoms with Crippen LogP contribution in [-0.2, 0) is 4.79 Å². The number of carbonyl (C=O) groups excluding carboxylic acids is 1. The summed E-state index contributed by atoms with van der Waals surface area (Å²) >= 11 is 0. The van der Waals surface area contributed by atoms with E-state index in [2.05, 4.69) is 20.8 Å². The Morgan fingerprint density at radius 1 is 1.17 bits per heavy atom. The van der Waals surface area contributed by atoms with Gasteiger partial charge in [-0.2, -0.15) is 0 Å². The third kappa shape index (κ3) is 5.34. The molecule has 0 spiro atoms. The van der Waals surface area contributed by atoms with Gasteiger partial charge in [0, 0.05) is 6.42 Å². The van der Waals surface area contributed by atoms with E-state index in [4.69, 9.17) is 0 Å². The Balaban J connectivity index is 3.30. The van der Waals surface area contributed by atoms with E-state index >= 15 is 0 Å². The van der Waals surface area contributed by atoms with E-state index in [1.54, 1.807) is 0 Å². The van der Waals surface area contributed by atoms with Crippen LogP contribution in [0.2, 0.25) is 0 Å². The van der Waals surface area contributed by atoms with Crippen LogP contribution >= 0.6 is 0 Å². The van der Waals surface area contributed by atoms with Crippen molar-refractivity contribution in [2.24, 2.45) is 11.8 Å². The SMILES string of the molecule is CCC(C)C(C)CCCCC=O. The predicted molar refractivity (Wildman–Crippen MR) is 53.2 cm³/mol. The van der Waals surface area contributed by atoms with E-state index < -0.39 is 0 Å². The fourth-order valence-electron chi connectivity index (χ4n) is 1.38. The second kappa shape index (κ2) is 7.33. The molecule has 1 heteroatoms. The number of unbranched alkanes of at least 4 members (excludes halogenated alkanes) is 2. The van der Waals surface area contributed by atoms with Crippen molar-refractivity contribution in [3.8, 4) is 0 Å². The van der Waals surface area contributed by atoms with Crippen molar-refractivity contribution in [3.05, 3.63) is 0 Å². The van der Waals surface area contributed by atoms with Gasteiger partial charge in [0.1, 0.15) is 6.29 Å². The molecular weight excluding hydrogens is 148 g/mol. The molecule has 0 aliphatic rings. The van der Waals surface area contributed by atoms with Crippen molar-refractivity contribution in [2.45, 2.75) is 52.9 Å². The van der Waals surface area contributed by atoms with Crippen LogP contribution in [0.15, 0.2) is 0 Å². The van der Waals surface area contributed by atoms with Gasteiger partial charge in [0.05, 0.1) is 0 Å². The van der Waals surface area contributed by atoms with Gasteiger partial charge in [0.2, 0.25) is 0 Å². The molecule has 0 aromatic carbocycles. The lowest BCUT2D eigenvalue weighted by Crippen LogP contribution is -2.06. The zero-order valence-electron chi connectivity index (χ0n) is 8.68. The quantitative estimate of drug-likeness (QED) is 0.422. The summed E-state index contributed by atoms with van der Waals surface area (Å²) in [5.74, 6) is 1.66. The summed E-state index contributed by atoms with van der Waals surface area (Å²) in [5, 5.41) is 0. The minimum atomic E-state index is 0.743. The van der Waals surface area contributed by atoms with Crippen LogP contribution in [0.5, 0.6) is 0 Å². The van der Waals surface area contributed by atoms with Crippen molar-refractivity contribution >= 4 is 6.29 Å². The molecule has 72 valence electrons. The van der Waals surface area contributed by atoms with Gasteiger partial charge in [-0.05, 0) is 18.3 Å². The highest BCUT2D eigenvalue weighted by atomic mass is 16.1. The Morgan fingerprint density at radius 2 is 1.83 bits per heavy atom. The third-order valence-electron chi connectivity index (χ3n) is 2.85. The summed E-state index contributed by atoms with van der Waals surface area (Å²) in [7, 11) is 0. The zero-order valence-corrected chi connectivity index (χ0v) is 8.68. The summed E-state index contributed by atoms with van der Waals surface area (Å²) in [6, 6.07) is 0. The molecule has 0 aliphatic carbocycles. The smallest absolute Gasteiger partial charge is 0.119 e. The van der Waals surface area contributed by atoms with E-state index in [1.165, 1.54) is 19.3 Å². The molecule has 0 heterocycles. The Kier molecular flexibility index (Phi) is 7.12. The molecule has 0 N–H and O–H groups in total. The van der Waals surface area contributed by atoms with Gasteiger partial charge >= 0.3 is 0 Å². The highest BCUT2D eigenvalue weighted by Crippen LogP contribution is 2.20. The number of hydrogen-bond donors (Lipinski definition) is 0. The molecule has 0 radical (unpaired) electrons. The lowest BCUT2D eigenvalue weighted by Gasteiger charge is -2.17. The molecular formula is C11H22O. The van der Waals surface area contributed by atoms with Gasteiger partial charge in [0.15, 0.2) is 0 Å². The molecule has 0 fully saturated rings. The Morgan fingerprint density at radius 3 is 2.33 bits per heavy atom. The van der Waals surface area contributed by atoms with Gasteiger partial charge in [-0.25, -0.2) is 0 Å². The number of rotatable bonds is 7. The van der Waals surface area contributed by atoms with Gasteiger partial charge in [-0.15, -0.1) is 0 Å². The molecule has 2 atom stereocenters. The topological polar surface area (TPSA) is 17.1 Å². The molecule has 1 nitrogen and oxygen atoms in total. The minimum absolute atomic E-state index is 0.743. The molecule has 12 heavy (non-hydrogen) atoms. The summed E-state index contributed by atoms with van der Waals surface area (Å²) < 4.78 is 0. The fourth-order valence-corrected chi connectivity index (χ4v) is 1.38. The van der Waals surface area contributed by atoms with E-state index in [0.717, 1.165) is 31.0 Å². The first-order valence-electron chi connectivity index (χ1n) is 5.16. The van der Waals surface area contributed by atoms with Gasteiger partial charge in [-0.3, -0.25) is 0 Å². The normalized spacial score (nSPS) is 15.6. The summed E-state index contributed by atoms with van der Waals surface area (Å²) in [4.78, 5) is 10.0. The van der Waals surface area contributed by atoms with E-state index in [-0.39, 0.29) is 0 Å². The van der Waals surface area contributed by atoms with Crippen molar-refractivity contribution < 1.29 is 4.79 Å². The Labute approximate surface area is 76.6 Å². The van der Waals surface area contributed by atoms with Crippen LogP contribution < -0.4 is 0 Å². The Hall–Kier alpha value is -0.330. The van der Waals surface area contributed by atoms with Crippen molar-refractivity contribution in [2.75, 3.05) is 0 Å². The summed E-state index contributed by atoms with van der Waals surface area (Å²) in [6.45, 7) is 6.87. The lowest BCUT2D eigenvalue weighted by atomic mass is 9.89. The summed E-state index contributed by atoms with van der Waals surface area (Å²) in [5.41, 5.74) is 0. The lowest BCUT2D eigenvalue weighted by molar-refractivity contribution is -0.107. The molecule has 0 aromatic heterocycles. The van der Waals surface area contributed by atoms with E-state index in [9.17, 15) is 4.79 Å². The van der Waals surface area contributed by atoms with Crippen LogP contribution in [0, 0.1) is 11.8 Å². The zero-order chi connectivity index (χ0) is 9.40. The average molecular weight is 170 g/mol. The maximum Gasteiger partial charge on any atom is 0.119 e. The van der Waals surface area contributed by atoms with Crippen molar-refractivity contribution in [1.82, 2.24) is 0 Å². The molecule has 0 aromatic rings. The van der Waals surface area contributed by atoms with Crippen LogP contribution in [-0.4, -0.2) is 6.29 Å². The molecule has 0 amide bonds. The predicted octanol–water partition coefficient (Wildman–Crippen LogP) is 3.43. The monoisotopic (exact) mass is 170 g/mol. The number of aldehydes is 1. The molecule has 2 unspecified atom stereocenters. The Bertz CT molecular complexity index is 110. The second-order valence-electron chi connectivity index (χ2n) is 3.81. The number of hydrogen-bond acceptors (Lipinski definition) is 1. The average Bonchev–Trinajstić information content (AvgIpc) is 2.10. The first kappa shape index (κ1) is 11.7. The first-order chi connectivity index (χ1) is 5.72. The van der Waals surface area contributed by atoms with Crippen LogP contribution in [0.25, 0.3) is 0 Å². The van der Waals surface area contributed by atoms with Crippen LogP contribution in [0.4, 0.5) is 0 Å². The van der Waals surface area contributed by atoms with Gasteiger partial charge in [0.25, 0.3) is 0 Å². The molecule has 0 saturated carbocycles. The largest absolute Gasteiger partial charge is 0.303 e. The van der Waals surface area contributed by atoms with Crippen molar-refractivity contribution in [3.63, 3.8) is 0 Å². The van der Waals surface area contributed by atoms with Gasteiger partial charge < -0.3 is 4.79 Å². The molecule has 0 saturated heterocycles.